The molecule has 0 bridgehead atoms. The van der Waals surface area contributed by atoms with E-state index in [1.807, 2.05) is 0 Å². The zero-order chi connectivity index (χ0) is 13.8. The molecule has 1 aromatic rings. The molecule has 0 aromatic heterocycles. The van der Waals surface area contributed by atoms with Gasteiger partial charge in [0.1, 0.15) is 6.10 Å². The van der Waals surface area contributed by atoms with Gasteiger partial charge in [0.05, 0.1) is 12.7 Å². The minimum Gasteiger partial charge on any atom is -0.386 e. The van der Waals surface area contributed by atoms with Crippen molar-refractivity contribution in [3.8, 4) is 0 Å². The molecular weight excluding hydrogens is 250 g/mol. The standard InChI is InChI=1S/C15H20F2O2/c1-10-5-7-11(8-6-10)19-9-14(18)12-3-2-4-13(16)15(12)17/h2-4,10-11,14,18H,5-9H2,1H3. The highest BCUT2D eigenvalue weighted by atomic mass is 19.2. The van der Waals surface area contributed by atoms with Crippen LogP contribution in [-0.4, -0.2) is 17.8 Å². The second-order valence-corrected chi connectivity index (χ2v) is 5.37. The van der Waals surface area contributed by atoms with Crippen molar-refractivity contribution >= 4 is 0 Å². The van der Waals surface area contributed by atoms with Crippen LogP contribution < -0.4 is 0 Å². The normalized spacial score (nSPS) is 25.3. The van der Waals surface area contributed by atoms with Crippen molar-refractivity contribution in [2.24, 2.45) is 5.92 Å². The summed E-state index contributed by atoms with van der Waals surface area (Å²) < 4.78 is 32.1. The summed E-state index contributed by atoms with van der Waals surface area (Å²) in [7, 11) is 0. The summed E-state index contributed by atoms with van der Waals surface area (Å²) in [6.45, 7) is 2.23. The second kappa shape index (κ2) is 6.44. The van der Waals surface area contributed by atoms with Gasteiger partial charge in [0.15, 0.2) is 11.6 Å². The summed E-state index contributed by atoms with van der Waals surface area (Å²) >= 11 is 0. The Morgan fingerprint density at radius 2 is 1.95 bits per heavy atom. The first-order chi connectivity index (χ1) is 9.08. The Morgan fingerprint density at radius 3 is 2.63 bits per heavy atom. The van der Waals surface area contributed by atoms with Crippen LogP contribution in [0.15, 0.2) is 18.2 Å². The molecule has 0 aliphatic heterocycles. The lowest BCUT2D eigenvalue weighted by Crippen LogP contribution is -2.23. The van der Waals surface area contributed by atoms with E-state index >= 15 is 0 Å². The van der Waals surface area contributed by atoms with Crippen LogP contribution in [-0.2, 0) is 4.74 Å². The smallest absolute Gasteiger partial charge is 0.164 e. The Morgan fingerprint density at radius 1 is 1.26 bits per heavy atom. The molecule has 1 aromatic carbocycles. The molecule has 0 spiro atoms. The minimum atomic E-state index is -1.12. The van der Waals surface area contributed by atoms with E-state index in [1.54, 1.807) is 0 Å². The molecule has 1 fully saturated rings. The SMILES string of the molecule is CC1CCC(OCC(O)c2cccc(F)c2F)CC1. The number of hydrogen-bond donors (Lipinski definition) is 1. The van der Waals surface area contributed by atoms with Crippen molar-refractivity contribution in [3.63, 3.8) is 0 Å². The first-order valence-electron chi connectivity index (χ1n) is 6.81. The van der Waals surface area contributed by atoms with E-state index in [1.165, 1.54) is 12.1 Å². The van der Waals surface area contributed by atoms with Gasteiger partial charge in [0.2, 0.25) is 0 Å². The largest absolute Gasteiger partial charge is 0.386 e. The summed E-state index contributed by atoms with van der Waals surface area (Å²) in [5.41, 5.74) is -0.0378. The molecule has 2 rings (SSSR count). The zero-order valence-corrected chi connectivity index (χ0v) is 11.1. The quantitative estimate of drug-likeness (QED) is 0.906. The molecule has 4 heteroatoms. The minimum absolute atomic E-state index is 0.0133. The fraction of sp³-hybridized carbons (Fsp3) is 0.600. The summed E-state index contributed by atoms with van der Waals surface area (Å²) in [5, 5.41) is 9.88. The van der Waals surface area contributed by atoms with Gasteiger partial charge in [-0.2, -0.15) is 0 Å². The van der Waals surface area contributed by atoms with Crippen molar-refractivity contribution in [1.82, 2.24) is 0 Å². The number of ether oxygens (including phenoxy) is 1. The molecule has 1 N–H and O–H groups in total. The molecule has 0 heterocycles. The molecule has 1 aliphatic rings. The summed E-state index contributed by atoms with van der Waals surface area (Å²) in [6.07, 6.45) is 3.20. The zero-order valence-electron chi connectivity index (χ0n) is 11.1. The van der Waals surface area contributed by atoms with Crippen molar-refractivity contribution < 1.29 is 18.6 Å². The van der Waals surface area contributed by atoms with Gasteiger partial charge in [-0.15, -0.1) is 0 Å². The lowest BCUT2D eigenvalue weighted by Gasteiger charge is -2.27. The van der Waals surface area contributed by atoms with Crippen LogP contribution in [0.5, 0.6) is 0 Å². The van der Waals surface area contributed by atoms with Crippen molar-refractivity contribution in [1.29, 1.82) is 0 Å². The average Bonchev–Trinajstić information content (AvgIpc) is 2.41. The number of rotatable bonds is 4. The van der Waals surface area contributed by atoms with E-state index in [-0.39, 0.29) is 18.3 Å². The molecule has 2 nitrogen and oxygen atoms in total. The maximum absolute atomic E-state index is 13.5. The van der Waals surface area contributed by atoms with Crippen LogP contribution in [0.25, 0.3) is 0 Å². The molecule has 106 valence electrons. The summed E-state index contributed by atoms with van der Waals surface area (Å²) in [4.78, 5) is 0. The first kappa shape index (κ1) is 14.4. The molecule has 1 saturated carbocycles. The monoisotopic (exact) mass is 270 g/mol. The highest BCUT2D eigenvalue weighted by Gasteiger charge is 2.21. The Balaban J connectivity index is 1.87. The van der Waals surface area contributed by atoms with Crippen LogP contribution in [0, 0.1) is 17.6 Å². The van der Waals surface area contributed by atoms with Crippen molar-refractivity contribution in [2.45, 2.75) is 44.8 Å². The molecule has 19 heavy (non-hydrogen) atoms. The third kappa shape index (κ3) is 3.74. The Bertz CT molecular complexity index is 415. The lowest BCUT2D eigenvalue weighted by molar-refractivity contribution is -0.0304. The van der Waals surface area contributed by atoms with Crippen LogP contribution in [0.2, 0.25) is 0 Å². The maximum atomic E-state index is 13.5. The fourth-order valence-corrected chi connectivity index (χ4v) is 2.49. The second-order valence-electron chi connectivity index (χ2n) is 5.37. The fourth-order valence-electron chi connectivity index (χ4n) is 2.49. The van der Waals surface area contributed by atoms with Gasteiger partial charge in [0, 0.05) is 5.56 Å². The van der Waals surface area contributed by atoms with Crippen LogP contribution in [0.1, 0.15) is 44.3 Å². The van der Waals surface area contributed by atoms with Gasteiger partial charge < -0.3 is 9.84 Å². The van der Waals surface area contributed by atoms with Crippen molar-refractivity contribution in [2.75, 3.05) is 6.61 Å². The molecular formula is C15H20F2O2. The number of aliphatic hydroxyl groups excluding tert-OH is 1. The Kier molecular flexibility index (Phi) is 4.88. The van der Waals surface area contributed by atoms with E-state index in [2.05, 4.69) is 6.92 Å². The van der Waals surface area contributed by atoms with Crippen LogP contribution in [0.3, 0.4) is 0 Å². The van der Waals surface area contributed by atoms with E-state index in [0.717, 1.165) is 37.7 Å². The van der Waals surface area contributed by atoms with Crippen LogP contribution in [0.4, 0.5) is 8.78 Å². The van der Waals surface area contributed by atoms with Gasteiger partial charge in [-0.3, -0.25) is 0 Å². The molecule has 1 unspecified atom stereocenters. The van der Waals surface area contributed by atoms with Crippen LogP contribution >= 0.6 is 0 Å². The average molecular weight is 270 g/mol. The Hall–Kier alpha value is -1.00. The summed E-state index contributed by atoms with van der Waals surface area (Å²) in [5.74, 6) is -1.20. The van der Waals surface area contributed by atoms with Gasteiger partial charge >= 0.3 is 0 Å². The highest BCUT2D eigenvalue weighted by molar-refractivity contribution is 5.21. The van der Waals surface area contributed by atoms with Gasteiger partial charge in [-0.05, 0) is 37.7 Å². The maximum Gasteiger partial charge on any atom is 0.164 e. The topological polar surface area (TPSA) is 29.5 Å². The number of benzene rings is 1. The lowest BCUT2D eigenvalue weighted by atomic mass is 9.89. The number of aliphatic hydroxyl groups is 1. The Labute approximate surface area is 112 Å². The highest BCUT2D eigenvalue weighted by Crippen LogP contribution is 2.27. The van der Waals surface area contributed by atoms with E-state index in [0.29, 0.717) is 0 Å². The molecule has 0 amide bonds. The number of hydrogen-bond acceptors (Lipinski definition) is 2. The van der Waals surface area contributed by atoms with Gasteiger partial charge in [0.25, 0.3) is 0 Å². The third-order valence-corrected chi connectivity index (χ3v) is 3.79. The molecule has 0 radical (unpaired) electrons. The molecule has 1 aliphatic carbocycles. The van der Waals surface area contributed by atoms with Crippen molar-refractivity contribution in [3.05, 3.63) is 35.4 Å². The predicted molar refractivity (Wildman–Crippen MR) is 68.7 cm³/mol. The number of halogens is 2. The van der Waals surface area contributed by atoms with E-state index in [9.17, 15) is 13.9 Å². The first-order valence-corrected chi connectivity index (χ1v) is 6.81. The molecule has 0 saturated heterocycles. The predicted octanol–water partition coefficient (Wildman–Crippen LogP) is 3.59. The van der Waals surface area contributed by atoms with E-state index in [4.69, 9.17) is 4.74 Å². The summed E-state index contributed by atoms with van der Waals surface area (Å²) in [6, 6.07) is 3.81. The third-order valence-electron chi connectivity index (χ3n) is 3.79. The molecule has 1 atom stereocenters. The van der Waals surface area contributed by atoms with Gasteiger partial charge in [-0.25, -0.2) is 8.78 Å². The van der Waals surface area contributed by atoms with E-state index < -0.39 is 17.7 Å². The van der Waals surface area contributed by atoms with Gasteiger partial charge in [-0.1, -0.05) is 19.1 Å².